The number of aliphatic hydroxyl groups is 1. The number of hydrogen-bond acceptors (Lipinski definition) is 3. The maximum Gasteiger partial charge on any atom is 0.335 e. The van der Waals surface area contributed by atoms with Gasteiger partial charge in [0, 0.05) is 5.69 Å². The summed E-state index contributed by atoms with van der Waals surface area (Å²) in [6.07, 6.45) is 4.12. The van der Waals surface area contributed by atoms with Crippen LogP contribution in [0.1, 0.15) is 48.5 Å². The van der Waals surface area contributed by atoms with Crippen molar-refractivity contribution in [3.63, 3.8) is 0 Å². The molecule has 0 saturated heterocycles. The van der Waals surface area contributed by atoms with Crippen molar-refractivity contribution in [2.45, 2.75) is 45.1 Å². The monoisotopic (exact) mass is 277 g/mol. The molecule has 2 rings (SSSR count). The molecule has 3 N–H and O–H groups in total. The molecule has 1 aliphatic carbocycles. The summed E-state index contributed by atoms with van der Waals surface area (Å²) in [5.41, 5.74) is 1.85. The first kappa shape index (κ1) is 14.9. The fraction of sp³-hybridized carbons (Fsp3) is 0.562. The van der Waals surface area contributed by atoms with E-state index in [9.17, 15) is 9.90 Å². The van der Waals surface area contributed by atoms with Gasteiger partial charge in [0.2, 0.25) is 0 Å². The molecule has 0 bridgehead atoms. The van der Waals surface area contributed by atoms with Gasteiger partial charge in [0.15, 0.2) is 0 Å². The number of hydrogen-bond donors (Lipinski definition) is 3. The van der Waals surface area contributed by atoms with Crippen molar-refractivity contribution in [1.29, 1.82) is 0 Å². The molecule has 1 aromatic carbocycles. The van der Waals surface area contributed by atoms with E-state index >= 15 is 0 Å². The summed E-state index contributed by atoms with van der Waals surface area (Å²) in [5, 5.41) is 22.2. The molecule has 0 spiro atoms. The first-order valence-electron chi connectivity index (χ1n) is 7.19. The molecule has 0 unspecified atom stereocenters. The van der Waals surface area contributed by atoms with Crippen molar-refractivity contribution in [3.8, 4) is 0 Å². The van der Waals surface area contributed by atoms with E-state index in [0.717, 1.165) is 36.9 Å². The number of rotatable bonds is 4. The second kappa shape index (κ2) is 5.83. The van der Waals surface area contributed by atoms with Gasteiger partial charge in [0.25, 0.3) is 0 Å². The molecule has 0 aromatic heterocycles. The minimum Gasteiger partial charge on any atom is -0.478 e. The van der Waals surface area contributed by atoms with Crippen LogP contribution in [0.3, 0.4) is 0 Å². The summed E-state index contributed by atoms with van der Waals surface area (Å²) in [6, 6.07) is 5.07. The van der Waals surface area contributed by atoms with Crippen LogP contribution in [0, 0.1) is 12.8 Å². The topological polar surface area (TPSA) is 69.6 Å². The van der Waals surface area contributed by atoms with E-state index < -0.39 is 5.97 Å². The molecule has 1 fully saturated rings. The van der Waals surface area contributed by atoms with E-state index in [1.165, 1.54) is 0 Å². The summed E-state index contributed by atoms with van der Waals surface area (Å²) >= 11 is 0. The van der Waals surface area contributed by atoms with Crippen molar-refractivity contribution in [2.24, 2.45) is 5.92 Å². The average Bonchev–Trinajstić information content (AvgIpc) is 2.43. The van der Waals surface area contributed by atoms with Crippen molar-refractivity contribution in [2.75, 3.05) is 11.9 Å². The van der Waals surface area contributed by atoms with Crippen LogP contribution in [0.15, 0.2) is 18.2 Å². The van der Waals surface area contributed by atoms with Crippen LogP contribution in [0.25, 0.3) is 0 Å². The Labute approximate surface area is 119 Å². The predicted octanol–water partition coefficient (Wildman–Crippen LogP) is 3.05. The van der Waals surface area contributed by atoms with Gasteiger partial charge in [0.1, 0.15) is 0 Å². The van der Waals surface area contributed by atoms with Crippen molar-refractivity contribution in [3.05, 3.63) is 29.3 Å². The predicted molar refractivity (Wildman–Crippen MR) is 79.2 cm³/mol. The Morgan fingerprint density at radius 1 is 1.40 bits per heavy atom. The highest BCUT2D eigenvalue weighted by atomic mass is 16.4. The Hall–Kier alpha value is -1.55. The summed E-state index contributed by atoms with van der Waals surface area (Å²) in [6.45, 7) is 4.25. The highest BCUT2D eigenvalue weighted by Gasteiger charge is 2.33. The zero-order valence-corrected chi connectivity index (χ0v) is 12.1. The minimum absolute atomic E-state index is 0.111. The number of carboxylic acids is 1. The molecule has 0 radical (unpaired) electrons. The highest BCUT2D eigenvalue weighted by molar-refractivity contribution is 5.88. The quantitative estimate of drug-likeness (QED) is 0.791. The number of aryl methyl sites for hydroxylation is 1. The minimum atomic E-state index is -0.914. The van der Waals surface area contributed by atoms with Gasteiger partial charge in [-0.15, -0.1) is 0 Å². The molecule has 0 heterocycles. The molecule has 1 saturated carbocycles. The third kappa shape index (κ3) is 3.12. The lowest BCUT2D eigenvalue weighted by Gasteiger charge is -2.40. The summed E-state index contributed by atoms with van der Waals surface area (Å²) < 4.78 is 0. The Bertz CT molecular complexity index is 490. The van der Waals surface area contributed by atoms with Crippen molar-refractivity contribution in [1.82, 2.24) is 0 Å². The van der Waals surface area contributed by atoms with Crippen LogP contribution in [-0.4, -0.2) is 28.3 Å². The zero-order chi connectivity index (χ0) is 14.8. The van der Waals surface area contributed by atoms with Crippen LogP contribution in [-0.2, 0) is 0 Å². The van der Waals surface area contributed by atoms with Gasteiger partial charge in [-0.05, 0) is 62.3 Å². The molecule has 0 amide bonds. The number of carboxylic acid groups (broad SMARTS) is 1. The first-order valence-corrected chi connectivity index (χ1v) is 7.19. The van der Waals surface area contributed by atoms with Crippen molar-refractivity contribution < 1.29 is 15.0 Å². The summed E-state index contributed by atoms with van der Waals surface area (Å²) in [4.78, 5) is 10.9. The Kier molecular flexibility index (Phi) is 4.33. The number of aliphatic hydroxyl groups excluding tert-OH is 1. The number of nitrogens with one attached hydrogen (secondary N) is 1. The molecule has 1 aliphatic rings. The number of benzene rings is 1. The molecular formula is C16H23NO3. The van der Waals surface area contributed by atoms with Crippen molar-refractivity contribution >= 4 is 11.7 Å². The fourth-order valence-corrected chi connectivity index (χ4v) is 2.86. The lowest BCUT2D eigenvalue weighted by atomic mass is 9.77. The smallest absolute Gasteiger partial charge is 0.335 e. The lowest BCUT2D eigenvalue weighted by Crippen LogP contribution is -2.45. The van der Waals surface area contributed by atoms with Gasteiger partial charge in [0.05, 0.1) is 17.7 Å². The third-order valence-electron chi connectivity index (χ3n) is 4.41. The third-order valence-corrected chi connectivity index (χ3v) is 4.41. The molecule has 20 heavy (non-hydrogen) atoms. The largest absolute Gasteiger partial charge is 0.478 e. The fourth-order valence-electron chi connectivity index (χ4n) is 2.86. The average molecular weight is 277 g/mol. The number of aromatic carboxylic acids is 1. The first-order chi connectivity index (χ1) is 9.46. The van der Waals surface area contributed by atoms with Crippen LogP contribution in [0.2, 0.25) is 0 Å². The number of carbonyl (C=O) groups is 1. The van der Waals surface area contributed by atoms with Gasteiger partial charge in [-0.1, -0.05) is 6.92 Å². The van der Waals surface area contributed by atoms with Crippen LogP contribution in [0.4, 0.5) is 5.69 Å². The number of anilines is 1. The Morgan fingerprint density at radius 2 is 2.05 bits per heavy atom. The Balaban J connectivity index is 2.17. The summed E-state index contributed by atoms with van der Waals surface area (Å²) in [7, 11) is 0. The van der Waals surface area contributed by atoms with E-state index in [-0.39, 0.29) is 12.1 Å². The summed E-state index contributed by atoms with van der Waals surface area (Å²) in [5.74, 6) is -0.199. The molecule has 4 heteroatoms. The molecule has 0 atom stereocenters. The van der Waals surface area contributed by atoms with E-state index in [1.54, 1.807) is 18.2 Å². The maximum absolute atomic E-state index is 10.9. The maximum atomic E-state index is 10.9. The van der Waals surface area contributed by atoms with E-state index in [2.05, 4.69) is 12.2 Å². The normalized spacial score (nSPS) is 26.2. The second-order valence-corrected chi connectivity index (χ2v) is 6.08. The molecule has 4 nitrogen and oxygen atoms in total. The van der Waals surface area contributed by atoms with Gasteiger partial charge >= 0.3 is 5.97 Å². The SMILES string of the molecule is Cc1cc(C(=O)O)ccc1NC1(CO)CCC(C)CC1. The highest BCUT2D eigenvalue weighted by Crippen LogP contribution is 2.35. The zero-order valence-electron chi connectivity index (χ0n) is 12.1. The van der Waals surface area contributed by atoms with E-state index in [1.807, 2.05) is 6.92 Å². The van der Waals surface area contributed by atoms with Crippen LogP contribution >= 0.6 is 0 Å². The molecule has 0 aliphatic heterocycles. The van der Waals surface area contributed by atoms with Gasteiger partial charge in [-0.3, -0.25) is 0 Å². The van der Waals surface area contributed by atoms with Crippen LogP contribution < -0.4 is 5.32 Å². The molecular weight excluding hydrogens is 254 g/mol. The van der Waals surface area contributed by atoms with Gasteiger partial charge in [-0.2, -0.15) is 0 Å². The second-order valence-electron chi connectivity index (χ2n) is 6.08. The van der Waals surface area contributed by atoms with Gasteiger partial charge in [-0.25, -0.2) is 4.79 Å². The van der Waals surface area contributed by atoms with E-state index in [4.69, 9.17) is 5.11 Å². The Morgan fingerprint density at radius 3 is 2.55 bits per heavy atom. The van der Waals surface area contributed by atoms with E-state index in [0.29, 0.717) is 11.5 Å². The van der Waals surface area contributed by atoms with Crippen LogP contribution in [0.5, 0.6) is 0 Å². The lowest BCUT2D eigenvalue weighted by molar-refractivity contribution is 0.0697. The molecule has 110 valence electrons. The molecule has 1 aromatic rings. The standard InChI is InChI=1S/C16H23NO3/c1-11-5-7-16(10-18,8-6-11)17-14-4-3-13(15(19)20)9-12(14)2/h3-4,9,11,17-18H,5-8,10H2,1-2H3,(H,19,20). The van der Waals surface area contributed by atoms with Gasteiger partial charge < -0.3 is 15.5 Å².